The summed E-state index contributed by atoms with van der Waals surface area (Å²) in [7, 11) is 1.68. The standard InChI is InChI=1S/C14H15BrN2O3/c1-8(2)16(3)12(18)7-17-11-5-4-9(15)6-10(11)13(19)14(17)20/h4-6,8H,7H2,1-3H3. The maximum absolute atomic E-state index is 12.1. The van der Waals surface area contributed by atoms with E-state index in [9.17, 15) is 14.4 Å². The molecule has 1 aromatic rings. The average Bonchev–Trinajstić information content (AvgIpc) is 2.62. The summed E-state index contributed by atoms with van der Waals surface area (Å²) in [4.78, 5) is 38.8. The minimum absolute atomic E-state index is 0.0419. The highest BCUT2D eigenvalue weighted by atomic mass is 79.9. The molecule has 0 unspecified atom stereocenters. The Morgan fingerprint density at radius 3 is 2.60 bits per heavy atom. The predicted octanol–water partition coefficient (Wildman–Crippen LogP) is 1.85. The molecule has 1 aromatic carbocycles. The number of Topliss-reactive ketones (excluding diaryl/α,β-unsaturated/α-hetero) is 1. The van der Waals surface area contributed by atoms with E-state index >= 15 is 0 Å². The smallest absolute Gasteiger partial charge is 0.299 e. The first-order valence-electron chi connectivity index (χ1n) is 6.24. The number of nitrogens with zero attached hydrogens (tertiary/aromatic N) is 2. The van der Waals surface area contributed by atoms with Gasteiger partial charge in [0.2, 0.25) is 5.91 Å². The average molecular weight is 339 g/mol. The molecule has 2 amide bonds. The van der Waals surface area contributed by atoms with Gasteiger partial charge in [-0.1, -0.05) is 15.9 Å². The van der Waals surface area contributed by atoms with Gasteiger partial charge in [0.05, 0.1) is 11.3 Å². The van der Waals surface area contributed by atoms with Crippen molar-refractivity contribution >= 4 is 39.2 Å². The molecule has 1 aliphatic heterocycles. The molecule has 2 rings (SSSR count). The quantitative estimate of drug-likeness (QED) is 0.790. The van der Waals surface area contributed by atoms with Crippen LogP contribution >= 0.6 is 15.9 Å². The van der Waals surface area contributed by atoms with Gasteiger partial charge in [-0.05, 0) is 32.0 Å². The molecule has 0 spiro atoms. The Bertz CT molecular complexity index is 598. The second-order valence-corrected chi connectivity index (χ2v) is 5.90. The van der Waals surface area contributed by atoms with Crippen LogP contribution in [0.2, 0.25) is 0 Å². The lowest BCUT2D eigenvalue weighted by Crippen LogP contribution is -2.43. The molecule has 0 radical (unpaired) electrons. The fourth-order valence-electron chi connectivity index (χ4n) is 1.96. The number of halogens is 1. The van der Waals surface area contributed by atoms with Gasteiger partial charge in [0.25, 0.3) is 11.7 Å². The van der Waals surface area contributed by atoms with Crippen molar-refractivity contribution in [3.05, 3.63) is 28.2 Å². The summed E-state index contributed by atoms with van der Waals surface area (Å²) in [6, 6.07) is 5.06. The number of hydrogen-bond acceptors (Lipinski definition) is 3. The zero-order valence-electron chi connectivity index (χ0n) is 11.5. The zero-order chi connectivity index (χ0) is 15.0. The number of amides is 2. The minimum atomic E-state index is -0.649. The molecule has 0 N–H and O–H groups in total. The topological polar surface area (TPSA) is 57.7 Å². The first kappa shape index (κ1) is 14.7. The third kappa shape index (κ3) is 2.47. The molecule has 0 saturated heterocycles. The van der Waals surface area contributed by atoms with Gasteiger partial charge in [-0.3, -0.25) is 19.3 Å². The molecule has 20 heavy (non-hydrogen) atoms. The number of rotatable bonds is 3. The van der Waals surface area contributed by atoms with E-state index in [4.69, 9.17) is 0 Å². The highest BCUT2D eigenvalue weighted by molar-refractivity contribution is 9.10. The number of carbonyl (C=O) groups is 3. The normalized spacial score (nSPS) is 13.9. The summed E-state index contributed by atoms with van der Waals surface area (Å²) in [5.41, 5.74) is 0.832. The first-order valence-corrected chi connectivity index (χ1v) is 7.03. The number of carbonyl (C=O) groups excluding carboxylic acids is 3. The molecule has 0 atom stereocenters. The summed E-state index contributed by atoms with van der Waals surface area (Å²) in [6.45, 7) is 3.66. The van der Waals surface area contributed by atoms with Crippen molar-refractivity contribution in [3.63, 3.8) is 0 Å². The van der Waals surface area contributed by atoms with E-state index in [0.717, 1.165) is 4.47 Å². The molecular formula is C14H15BrN2O3. The van der Waals surface area contributed by atoms with E-state index in [1.807, 2.05) is 13.8 Å². The van der Waals surface area contributed by atoms with Gasteiger partial charge in [0.15, 0.2) is 0 Å². The predicted molar refractivity (Wildman–Crippen MR) is 78.7 cm³/mol. The molecule has 0 bridgehead atoms. The van der Waals surface area contributed by atoms with Crippen LogP contribution in [0.5, 0.6) is 0 Å². The summed E-state index contributed by atoms with van der Waals surface area (Å²) in [6.07, 6.45) is 0. The van der Waals surface area contributed by atoms with Crippen molar-refractivity contribution in [2.75, 3.05) is 18.5 Å². The lowest BCUT2D eigenvalue weighted by Gasteiger charge is -2.24. The molecule has 6 heteroatoms. The van der Waals surface area contributed by atoms with Crippen molar-refractivity contribution in [2.24, 2.45) is 0 Å². The Labute approximate surface area is 125 Å². The SMILES string of the molecule is CC(C)N(C)C(=O)CN1C(=O)C(=O)c2cc(Br)ccc21. The largest absolute Gasteiger partial charge is 0.342 e. The Morgan fingerprint density at radius 1 is 1.35 bits per heavy atom. The maximum atomic E-state index is 12.1. The summed E-state index contributed by atoms with van der Waals surface area (Å²) < 4.78 is 0.727. The van der Waals surface area contributed by atoms with Crippen molar-refractivity contribution < 1.29 is 14.4 Å². The first-order chi connectivity index (χ1) is 9.32. The second kappa shape index (κ2) is 5.36. The van der Waals surface area contributed by atoms with Crippen LogP contribution in [-0.4, -0.2) is 42.1 Å². The molecule has 5 nitrogen and oxygen atoms in total. The molecule has 1 aliphatic rings. The van der Waals surface area contributed by atoms with E-state index in [1.165, 1.54) is 4.90 Å². The minimum Gasteiger partial charge on any atom is -0.342 e. The number of likely N-dealkylation sites (N-methyl/N-ethyl adjacent to an activating group) is 1. The van der Waals surface area contributed by atoms with E-state index < -0.39 is 11.7 Å². The Balaban J connectivity index is 2.29. The fraction of sp³-hybridized carbons (Fsp3) is 0.357. The molecule has 0 fully saturated rings. The number of fused-ring (bicyclic) bond motifs is 1. The van der Waals surface area contributed by atoms with Gasteiger partial charge in [0, 0.05) is 17.6 Å². The van der Waals surface area contributed by atoms with E-state index in [2.05, 4.69) is 15.9 Å². The van der Waals surface area contributed by atoms with Crippen LogP contribution in [0, 0.1) is 0 Å². The monoisotopic (exact) mass is 338 g/mol. The van der Waals surface area contributed by atoms with Crippen LogP contribution in [0.15, 0.2) is 22.7 Å². The van der Waals surface area contributed by atoms with Crippen molar-refractivity contribution in [3.8, 4) is 0 Å². The second-order valence-electron chi connectivity index (χ2n) is 4.98. The van der Waals surface area contributed by atoms with Crippen LogP contribution in [0.3, 0.4) is 0 Å². The highest BCUT2D eigenvalue weighted by Gasteiger charge is 2.37. The lowest BCUT2D eigenvalue weighted by atomic mass is 10.1. The van der Waals surface area contributed by atoms with Crippen LogP contribution in [0.4, 0.5) is 5.69 Å². The van der Waals surface area contributed by atoms with E-state index in [0.29, 0.717) is 11.3 Å². The van der Waals surface area contributed by atoms with Gasteiger partial charge in [-0.2, -0.15) is 0 Å². The number of anilines is 1. The van der Waals surface area contributed by atoms with Crippen LogP contribution in [-0.2, 0) is 9.59 Å². The Kier molecular flexibility index (Phi) is 3.94. The van der Waals surface area contributed by atoms with Crippen LogP contribution < -0.4 is 4.90 Å². The molecular weight excluding hydrogens is 324 g/mol. The van der Waals surface area contributed by atoms with Gasteiger partial charge in [-0.15, -0.1) is 0 Å². The maximum Gasteiger partial charge on any atom is 0.299 e. The van der Waals surface area contributed by atoms with Gasteiger partial charge in [0.1, 0.15) is 6.54 Å². The summed E-state index contributed by atoms with van der Waals surface area (Å²) in [5, 5.41) is 0. The molecule has 0 aromatic heterocycles. The third-order valence-corrected chi connectivity index (χ3v) is 3.89. The Morgan fingerprint density at radius 2 is 2.00 bits per heavy atom. The van der Waals surface area contributed by atoms with Crippen molar-refractivity contribution in [1.29, 1.82) is 0 Å². The molecule has 0 saturated carbocycles. The fourth-order valence-corrected chi connectivity index (χ4v) is 2.33. The number of benzene rings is 1. The zero-order valence-corrected chi connectivity index (χ0v) is 13.1. The number of hydrogen-bond donors (Lipinski definition) is 0. The van der Waals surface area contributed by atoms with Crippen molar-refractivity contribution in [1.82, 2.24) is 4.90 Å². The molecule has 0 aliphatic carbocycles. The lowest BCUT2D eigenvalue weighted by molar-refractivity contribution is -0.131. The molecule has 106 valence electrons. The van der Waals surface area contributed by atoms with Gasteiger partial charge in [-0.25, -0.2) is 0 Å². The highest BCUT2D eigenvalue weighted by Crippen LogP contribution is 2.31. The van der Waals surface area contributed by atoms with Crippen LogP contribution in [0.25, 0.3) is 0 Å². The molecule has 1 heterocycles. The van der Waals surface area contributed by atoms with Crippen molar-refractivity contribution in [2.45, 2.75) is 19.9 Å². The van der Waals surface area contributed by atoms with Gasteiger partial charge < -0.3 is 4.90 Å². The number of ketones is 1. The summed E-state index contributed by atoms with van der Waals surface area (Å²) in [5.74, 6) is -1.41. The van der Waals surface area contributed by atoms with Crippen LogP contribution in [0.1, 0.15) is 24.2 Å². The Hall–Kier alpha value is -1.69. The summed E-state index contributed by atoms with van der Waals surface area (Å²) >= 11 is 3.27. The van der Waals surface area contributed by atoms with E-state index in [1.54, 1.807) is 30.1 Å². The van der Waals surface area contributed by atoms with E-state index in [-0.39, 0.29) is 18.5 Å². The van der Waals surface area contributed by atoms with Gasteiger partial charge >= 0.3 is 0 Å². The third-order valence-electron chi connectivity index (χ3n) is 3.39.